The van der Waals surface area contributed by atoms with Gasteiger partial charge in [0, 0.05) is 18.1 Å². The highest BCUT2D eigenvalue weighted by Crippen LogP contribution is 2.16. The minimum absolute atomic E-state index is 0.0187. The fourth-order valence-electron chi connectivity index (χ4n) is 1.34. The summed E-state index contributed by atoms with van der Waals surface area (Å²) in [6.07, 6.45) is 0. The van der Waals surface area contributed by atoms with E-state index >= 15 is 0 Å². The van der Waals surface area contributed by atoms with Crippen LogP contribution in [0, 0.1) is 0 Å². The van der Waals surface area contributed by atoms with Gasteiger partial charge in [-0.2, -0.15) is 0 Å². The SMILES string of the molecule is Cn1c(=O)ccc2ccc(Cl)cc21. The molecule has 0 atom stereocenters. The number of nitrogens with zero attached hydrogens (tertiary/aromatic N) is 1. The number of fused-ring (bicyclic) bond motifs is 1. The standard InChI is InChI=1S/C10H8ClNO/c1-12-9-6-8(11)4-2-7(9)3-5-10(12)13/h2-6H,1H3. The zero-order chi connectivity index (χ0) is 9.42. The first-order valence-electron chi connectivity index (χ1n) is 3.94. The summed E-state index contributed by atoms with van der Waals surface area (Å²) < 4.78 is 1.58. The molecule has 0 aliphatic carbocycles. The normalized spacial score (nSPS) is 10.6. The highest BCUT2D eigenvalue weighted by atomic mass is 35.5. The Kier molecular flexibility index (Phi) is 1.85. The maximum absolute atomic E-state index is 11.3. The maximum atomic E-state index is 11.3. The second-order valence-electron chi connectivity index (χ2n) is 2.93. The topological polar surface area (TPSA) is 22.0 Å². The lowest BCUT2D eigenvalue weighted by Gasteiger charge is -2.03. The Balaban J connectivity index is 2.97. The molecule has 0 unspecified atom stereocenters. The van der Waals surface area contributed by atoms with Gasteiger partial charge in [0.1, 0.15) is 0 Å². The third kappa shape index (κ3) is 1.33. The summed E-state index contributed by atoms with van der Waals surface area (Å²) in [4.78, 5) is 11.3. The summed E-state index contributed by atoms with van der Waals surface area (Å²) in [5, 5.41) is 1.67. The van der Waals surface area contributed by atoms with Gasteiger partial charge in [0.25, 0.3) is 5.56 Å². The number of aromatic nitrogens is 1. The average molecular weight is 194 g/mol. The van der Waals surface area contributed by atoms with Gasteiger partial charge in [-0.3, -0.25) is 4.79 Å². The minimum Gasteiger partial charge on any atom is -0.311 e. The first-order chi connectivity index (χ1) is 6.18. The molecular weight excluding hydrogens is 186 g/mol. The number of halogens is 1. The van der Waals surface area contributed by atoms with Crippen LogP contribution in [-0.4, -0.2) is 4.57 Å². The number of pyridine rings is 1. The zero-order valence-electron chi connectivity index (χ0n) is 7.12. The molecule has 0 N–H and O–H groups in total. The van der Waals surface area contributed by atoms with Crippen LogP contribution in [0.3, 0.4) is 0 Å². The van der Waals surface area contributed by atoms with Crippen LogP contribution in [0.4, 0.5) is 0 Å². The van der Waals surface area contributed by atoms with Crippen LogP contribution < -0.4 is 5.56 Å². The van der Waals surface area contributed by atoms with Gasteiger partial charge in [-0.15, -0.1) is 0 Å². The molecule has 0 fully saturated rings. The molecule has 2 rings (SSSR count). The predicted molar refractivity (Wildman–Crippen MR) is 54.2 cm³/mol. The fraction of sp³-hybridized carbons (Fsp3) is 0.100. The second-order valence-corrected chi connectivity index (χ2v) is 3.37. The van der Waals surface area contributed by atoms with Crippen LogP contribution in [0.2, 0.25) is 5.02 Å². The van der Waals surface area contributed by atoms with Crippen molar-refractivity contribution in [2.75, 3.05) is 0 Å². The third-order valence-corrected chi connectivity index (χ3v) is 2.32. The van der Waals surface area contributed by atoms with Crippen molar-refractivity contribution >= 4 is 22.5 Å². The van der Waals surface area contributed by atoms with E-state index in [1.807, 2.05) is 12.1 Å². The van der Waals surface area contributed by atoms with E-state index in [9.17, 15) is 4.79 Å². The van der Waals surface area contributed by atoms with Gasteiger partial charge in [-0.25, -0.2) is 0 Å². The van der Waals surface area contributed by atoms with E-state index in [1.54, 1.807) is 29.8 Å². The van der Waals surface area contributed by atoms with E-state index in [4.69, 9.17) is 11.6 Å². The van der Waals surface area contributed by atoms with Gasteiger partial charge in [-0.05, 0) is 23.6 Å². The fourth-order valence-corrected chi connectivity index (χ4v) is 1.51. The summed E-state index contributed by atoms with van der Waals surface area (Å²) in [5.74, 6) is 0. The second kappa shape index (κ2) is 2.89. The smallest absolute Gasteiger partial charge is 0.250 e. The van der Waals surface area contributed by atoms with Crippen molar-refractivity contribution in [2.24, 2.45) is 7.05 Å². The third-order valence-electron chi connectivity index (χ3n) is 2.09. The van der Waals surface area contributed by atoms with E-state index in [0.717, 1.165) is 10.9 Å². The molecule has 0 aliphatic rings. The van der Waals surface area contributed by atoms with Gasteiger partial charge < -0.3 is 4.57 Å². The Morgan fingerprint density at radius 3 is 2.69 bits per heavy atom. The van der Waals surface area contributed by atoms with Crippen LogP contribution in [-0.2, 0) is 7.05 Å². The zero-order valence-corrected chi connectivity index (χ0v) is 7.88. The first kappa shape index (κ1) is 8.32. The highest BCUT2D eigenvalue weighted by Gasteiger charge is 1.98. The van der Waals surface area contributed by atoms with Crippen LogP contribution >= 0.6 is 11.6 Å². The Labute approximate surface area is 80.4 Å². The Hall–Kier alpha value is -1.28. The maximum Gasteiger partial charge on any atom is 0.250 e. The molecule has 0 spiro atoms. The molecule has 0 saturated heterocycles. The molecule has 66 valence electrons. The van der Waals surface area contributed by atoms with Crippen molar-refractivity contribution in [3.63, 3.8) is 0 Å². The number of hydrogen-bond acceptors (Lipinski definition) is 1. The van der Waals surface area contributed by atoms with E-state index in [1.165, 1.54) is 0 Å². The predicted octanol–water partition coefficient (Wildman–Crippen LogP) is 2.19. The molecule has 0 aliphatic heterocycles. The quantitative estimate of drug-likeness (QED) is 0.629. The molecule has 1 aromatic heterocycles. The van der Waals surface area contributed by atoms with Gasteiger partial charge in [0.2, 0.25) is 0 Å². The monoisotopic (exact) mass is 193 g/mol. The van der Waals surface area contributed by atoms with E-state index in [0.29, 0.717) is 5.02 Å². The molecule has 2 nitrogen and oxygen atoms in total. The highest BCUT2D eigenvalue weighted by molar-refractivity contribution is 6.31. The van der Waals surface area contributed by atoms with Crippen molar-refractivity contribution < 1.29 is 0 Å². The lowest BCUT2D eigenvalue weighted by Crippen LogP contribution is -2.14. The summed E-state index contributed by atoms with van der Waals surface area (Å²) in [6.45, 7) is 0. The molecule has 0 saturated carbocycles. The van der Waals surface area contributed by atoms with Crippen molar-refractivity contribution in [3.05, 3.63) is 45.7 Å². The molecule has 0 radical (unpaired) electrons. The van der Waals surface area contributed by atoms with Gasteiger partial charge in [-0.1, -0.05) is 17.7 Å². The van der Waals surface area contributed by atoms with E-state index in [2.05, 4.69) is 0 Å². The summed E-state index contributed by atoms with van der Waals surface area (Å²) in [5.41, 5.74) is 0.842. The van der Waals surface area contributed by atoms with Crippen LogP contribution in [0.5, 0.6) is 0 Å². The average Bonchev–Trinajstić information content (AvgIpc) is 2.12. The van der Waals surface area contributed by atoms with Crippen LogP contribution in [0.1, 0.15) is 0 Å². The van der Waals surface area contributed by atoms with Gasteiger partial charge in [0.05, 0.1) is 5.52 Å². The summed E-state index contributed by atoms with van der Waals surface area (Å²) in [6, 6.07) is 8.86. The minimum atomic E-state index is -0.0187. The van der Waals surface area contributed by atoms with Crippen molar-refractivity contribution in [1.82, 2.24) is 4.57 Å². The largest absolute Gasteiger partial charge is 0.311 e. The molecule has 0 amide bonds. The molecule has 3 heteroatoms. The van der Waals surface area contributed by atoms with Crippen molar-refractivity contribution in [2.45, 2.75) is 0 Å². The number of aryl methyl sites for hydroxylation is 1. The van der Waals surface area contributed by atoms with Crippen LogP contribution in [0.15, 0.2) is 35.1 Å². The lowest BCUT2D eigenvalue weighted by atomic mass is 10.2. The Morgan fingerprint density at radius 1 is 1.23 bits per heavy atom. The molecule has 13 heavy (non-hydrogen) atoms. The number of rotatable bonds is 0. The van der Waals surface area contributed by atoms with E-state index < -0.39 is 0 Å². The van der Waals surface area contributed by atoms with Gasteiger partial charge in [0.15, 0.2) is 0 Å². The summed E-state index contributed by atoms with van der Waals surface area (Å²) in [7, 11) is 1.74. The van der Waals surface area contributed by atoms with E-state index in [-0.39, 0.29) is 5.56 Å². The first-order valence-corrected chi connectivity index (χ1v) is 4.31. The van der Waals surface area contributed by atoms with Gasteiger partial charge >= 0.3 is 0 Å². The number of hydrogen-bond donors (Lipinski definition) is 0. The molecular formula is C10H8ClNO. The Morgan fingerprint density at radius 2 is 1.92 bits per heavy atom. The summed E-state index contributed by atoms with van der Waals surface area (Å²) >= 11 is 5.83. The van der Waals surface area contributed by atoms with Crippen LogP contribution in [0.25, 0.3) is 10.9 Å². The Bertz CT molecular complexity index is 516. The molecule has 2 aromatic rings. The van der Waals surface area contributed by atoms with Crippen molar-refractivity contribution in [3.8, 4) is 0 Å². The van der Waals surface area contributed by atoms with Crippen molar-refractivity contribution in [1.29, 1.82) is 0 Å². The molecule has 1 aromatic carbocycles. The number of benzene rings is 1. The molecule has 1 heterocycles. The lowest BCUT2D eigenvalue weighted by molar-refractivity contribution is 0.906. The molecule has 0 bridgehead atoms.